The number of carboxylic acid groups (broad SMARTS) is 1. The number of carboxylic acids is 1. The first-order chi connectivity index (χ1) is 15.0. The van der Waals surface area contributed by atoms with Crippen molar-refractivity contribution in [2.75, 3.05) is 12.4 Å². The zero-order chi connectivity index (χ0) is 24.4. The van der Waals surface area contributed by atoms with Crippen LogP contribution < -0.4 is 4.74 Å². The van der Waals surface area contributed by atoms with E-state index in [0.29, 0.717) is 27.1 Å². The molecule has 0 bridgehead atoms. The largest absolute Gasteiger partial charge is 0.480 e. The van der Waals surface area contributed by atoms with Crippen molar-refractivity contribution in [3.05, 3.63) is 45.0 Å². The molecule has 0 aliphatic rings. The van der Waals surface area contributed by atoms with E-state index in [-0.39, 0.29) is 21.8 Å². The number of ether oxygens (including phenoxy) is 1. The monoisotopic (exact) mass is 540 g/mol. The second kappa shape index (κ2) is 14.0. The van der Waals surface area contributed by atoms with Gasteiger partial charge in [-0.1, -0.05) is 58.2 Å². The maximum Gasteiger partial charge on any atom is 0.341 e. The molecule has 1 amide bonds. The fourth-order valence-corrected chi connectivity index (χ4v) is 4.28. The molecule has 0 fully saturated rings. The highest BCUT2D eigenvalue weighted by molar-refractivity contribution is 8.13. The predicted molar refractivity (Wildman–Crippen MR) is 134 cm³/mol. The van der Waals surface area contributed by atoms with Gasteiger partial charge in [-0.05, 0) is 52.0 Å². The average Bonchev–Trinajstić information content (AvgIpc) is 2.71. The van der Waals surface area contributed by atoms with Gasteiger partial charge in [0.05, 0.1) is 10.1 Å². The van der Waals surface area contributed by atoms with Crippen LogP contribution in [0.25, 0.3) is 10.9 Å². The van der Waals surface area contributed by atoms with Gasteiger partial charge in [0.1, 0.15) is 15.8 Å². The van der Waals surface area contributed by atoms with Crippen molar-refractivity contribution >= 4 is 80.3 Å². The van der Waals surface area contributed by atoms with Crippen molar-refractivity contribution in [2.24, 2.45) is 0 Å². The summed E-state index contributed by atoms with van der Waals surface area (Å²) in [7, 11) is 0. The number of fused-ring (bicyclic) bond motifs is 1. The van der Waals surface area contributed by atoms with Gasteiger partial charge < -0.3 is 14.7 Å². The summed E-state index contributed by atoms with van der Waals surface area (Å²) in [6.07, 6.45) is 1.60. The first-order valence-electron chi connectivity index (χ1n) is 9.48. The molecule has 0 atom stereocenters. The van der Waals surface area contributed by atoms with Crippen molar-refractivity contribution < 1.29 is 19.4 Å². The molecule has 1 aromatic carbocycles. The minimum atomic E-state index is -1.03. The smallest absolute Gasteiger partial charge is 0.341 e. The Labute approximate surface area is 211 Å². The Morgan fingerprint density at radius 1 is 1.12 bits per heavy atom. The van der Waals surface area contributed by atoms with E-state index in [0.717, 1.165) is 17.1 Å². The topological polar surface area (TPSA) is 79.7 Å². The molecule has 0 saturated heterocycles. The third kappa shape index (κ3) is 9.24. The summed E-state index contributed by atoms with van der Waals surface area (Å²) < 4.78 is 5.13. The maximum atomic E-state index is 11.9. The number of hydrogen-bond acceptors (Lipinski definition) is 5. The molecule has 0 saturated carbocycles. The summed E-state index contributed by atoms with van der Waals surface area (Å²) >= 11 is 23.8. The molecule has 32 heavy (non-hydrogen) atoms. The zero-order valence-electron chi connectivity index (χ0n) is 17.9. The number of aromatic nitrogens is 1. The van der Waals surface area contributed by atoms with Crippen LogP contribution in [0.1, 0.15) is 27.7 Å². The number of carbonyl (C=O) groups excluding carboxylic acids is 1. The van der Waals surface area contributed by atoms with Gasteiger partial charge in [0, 0.05) is 29.4 Å². The van der Waals surface area contributed by atoms with Gasteiger partial charge in [-0.2, -0.15) is 0 Å². The molecule has 2 aromatic rings. The van der Waals surface area contributed by atoms with E-state index in [4.69, 9.17) is 56.2 Å². The lowest BCUT2D eigenvalue weighted by atomic mass is 10.2. The van der Waals surface area contributed by atoms with Crippen LogP contribution in [0.4, 0.5) is 4.79 Å². The molecule has 6 nitrogen and oxygen atoms in total. The van der Waals surface area contributed by atoms with Crippen LogP contribution in [-0.4, -0.2) is 50.6 Å². The summed E-state index contributed by atoms with van der Waals surface area (Å²) in [5, 5.41) is 10.1. The molecule has 11 heteroatoms. The molecule has 0 aliphatic carbocycles. The molecule has 0 radical (unpaired) electrons. The lowest BCUT2D eigenvalue weighted by Gasteiger charge is -2.30. The molecular weight excluding hydrogens is 518 g/mol. The Bertz CT molecular complexity index is 958. The second-order valence-electron chi connectivity index (χ2n) is 6.94. The number of halogens is 4. The fraction of sp³-hybridized carbons (Fsp3) is 0.381. The second-order valence-corrected chi connectivity index (χ2v) is 9.68. The highest BCUT2D eigenvalue weighted by Gasteiger charge is 2.20. The van der Waals surface area contributed by atoms with Gasteiger partial charge >= 0.3 is 5.97 Å². The molecule has 0 unspecified atom stereocenters. The number of pyridine rings is 1. The molecule has 0 spiro atoms. The SMILES string of the molecule is CC(C)N(C(=O)SCC(Cl)=C(Cl)Cl)C(C)C.O=C(O)COc1ccc(Cl)c2cccnc12. The summed E-state index contributed by atoms with van der Waals surface area (Å²) in [4.78, 5) is 28.2. The molecule has 1 aromatic heterocycles. The normalized spacial score (nSPS) is 10.6. The third-order valence-corrected chi connectivity index (χ3v) is 6.23. The number of carbonyl (C=O) groups is 2. The zero-order valence-corrected chi connectivity index (χ0v) is 21.8. The molecule has 1 heterocycles. The molecule has 1 N–H and O–H groups in total. The van der Waals surface area contributed by atoms with Crippen LogP contribution in [0.2, 0.25) is 5.02 Å². The van der Waals surface area contributed by atoms with E-state index in [1.165, 1.54) is 0 Å². The molecule has 0 aliphatic heterocycles. The summed E-state index contributed by atoms with van der Waals surface area (Å²) in [6, 6.07) is 7.15. The van der Waals surface area contributed by atoms with Crippen LogP contribution in [-0.2, 0) is 4.79 Å². The number of nitrogens with zero attached hydrogens (tertiary/aromatic N) is 2. The van der Waals surface area contributed by atoms with E-state index >= 15 is 0 Å². The van der Waals surface area contributed by atoms with Gasteiger partial charge in [0.15, 0.2) is 6.61 Å². The third-order valence-electron chi connectivity index (χ3n) is 3.88. The van der Waals surface area contributed by atoms with Crippen LogP contribution in [0, 0.1) is 0 Å². The van der Waals surface area contributed by atoms with Crippen LogP contribution >= 0.6 is 58.2 Å². The van der Waals surface area contributed by atoms with Gasteiger partial charge in [-0.15, -0.1) is 0 Å². The first kappa shape index (κ1) is 28.7. The van der Waals surface area contributed by atoms with Crippen LogP contribution in [0.5, 0.6) is 5.75 Å². The Kier molecular flexibility index (Phi) is 12.5. The Morgan fingerprint density at radius 3 is 2.28 bits per heavy atom. The van der Waals surface area contributed by atoms with E-state index in [1.54, 1.807) is 35.4 Å². The van der Waals surface area contributed by atoms with Crippen LogP contribution in [0.3, 0.4) is 0 Å². The Hall–Kier alpha value is -1.38. The van der Waals surface area contributed by atoms with Crippen molar-refractivity contribution in [1.82, 2.24) is 9.88 Å². The summed E-state index contributed by atoms with van der Waals surface area (Å²) in [5.41, 5.74) is 0.566. The van der Waals surface area contributed by atoms with Crippen molar-refractivity contribution in [2.45, 2.75) is 39.8 Å². The van der Waals surface area contributed by atoms with E-state index in [2.05, 4.69) is 4.98 Å². The minimum absolute atomic E-state index is 0.0160. The van der Waals surface area contributed by atoms with Crippen LogP contribution in [0.15, 0.2) is 40.0 Å². The number of rotatable bonds is 7. The fourth-order valence-electron chi connectivity index (χ4n) is 2.64. The van der Waals surface area contributed by atoms with Crippen molar-refractivity contribution in [1.29, 1.82) is 0 Å². The lowest BCUT2D eigenvalue weighted by Crippen LogP contribution is -2.39. The Morgan fingerprint density at radius 2 is 1.75 bits per heavy atom. The van der Waals surface area contributed by atoms with E-state index in [9.17, 15) is 9.59 Å². The summed E-state index contributed by atoms with van der Waals surface area (Å²) in [6.45, 7) is 7.51. The predicted octanol–water partition coefficient (Wildman–Crippen LogP) is 7.20. The highest BCUT2D eigenvalue weighted by Crippen LogP contribution is 2.29. The molecule has 176 valence electrons. The van der Waals surface area contributed by atoms with Gasteiger partial charge in [0.2, 0.25) is 0 Å². The van der Waals surface area contributed by atoms with Crippen molar-refractivity contribution in [3.63, 3.8) is 0 Å². The van der Waals surface area contributed by atoms with Crippen molar-refractivity contribution in [3.8, 4) is 5.75 Å². The lowest BCUT2D eigenvalue weighted by molar-refractivity contribution is -0.139. The van der Waals surface area contributed by atoms with E-state index < -0.39 is 12.6 Å². The van der Waals surface area contributed by atoms with Gasteiger partial charge in [0.25, 0.3) is 5.24 Å². The highest BCUT2D eigenvalue weighted by atomic mass is 35.5. The number of amides is 1. The number of thioether (sulfide) groups is 1. The number of benzene rings is 1. The molecular formula is C21H24Cl4N2O4S. The quantitative estimate of drug-likeness (QED) is 0.399. The van der Waals surface area contributed by atoms with Gasteiger partial charge in [-0.25, -0.2) is 4.79 Å². The van der Waals surface area contributed by atoms with Gasteiger partial charge in [-0.3, -0.25) is 9.78 Å². The maximum absolute atomic E-state index is 11.9. The van der Waals surface area contributed by atoms with E-state index in [1.807, 2.05) is 27.7 Å². The standard InChI is InChI=1S/C11H8ClNO3.C10H16Cl3NOS/c12-8-3-4-9(16-6-10(14)15)11-7(8)2-1-5-13-11;1-6(2)14(7(3)4)10(15)16-5-8(11)9(12)13/h1-5H,6H2,(H,14,15);6-7H,5H2,1-4H3. The summed E-state index contributed by atoms with van der Waals surface area (Å²) in [5.74, 6) is -0.306. The molecule has 2 rings (SSSR count). The number of hydrogen-bond donors (Lipinski definition) is 1. The minimum Gasteiger partial charge on any atom is -0.480 e. The first-order valence-corrected chi connectivity index (χ1v) is 12.0. The average molecular weight is 542 g/mol. The number of aliphatic carboxylic acids is 1. The Balaban J connectivity index is 0.000000320.